The lowest BCUT2D eigenvalue weighted by Gasteiger charge is -2.30. The molecular weight excluding hydrogens is 430 g/mol. The summed E-state index contributed by atoms with van der Waals surface area (Å²) in [5.41, 5.74) is 5.48. The summed E-state index contributed by atoms with van der Waals surface area (Å²) < 4.78 is 1.97. The van der Waals surface area contributed by atoms with Gasteiger partial charge in [-0.1, -0.05) is 31.2 Å². The summed E-state index contributed by atoms with van der Waals surface area (Å²) in [5.74, 6) is 0.368. The second-order valence-electron chi connectivity index (χ2n) is 8.21. The molecular formula is C26H23N5O3. The number of hydrogen-bond acceptors (Lipinski definition) is 5. The monoisotopic (exact) mass is 453 g/mol. The molecule has 2 heterocycles. The Hall–Kier alpha value is -4.46. The van der Waals surface area contributed by atoms with Gasteiger partial charge in [0, 0.05) is 23.5 Å². The second kappa shape index (κ2) is 8.47. The number of allylic oxidation sites excluding steroid dienone is 1. The van der Waals surface area contributed by atoms with Gasteiger partial charge in [0.1, 0.15) is 0 Å². The number of hydrogen-bond donors (Lipinski definition) is 2. The summed E-state index contributed by atoms with van der Waals surface area (Å²) in [4.78, 5) is 29.1. The SMILES string of the molecule is CCc1ccc(NC(=O)C2=C(C)Nc3nc4ccccc4n3[C@H]2c2ccc([N+](=O)[O-])cc2)cc1. The highest BCUT2D eigenvalue weighted by molar-refractivity contribution is 6.06. The fraction of sp³-hybridized carbons (Fsp3) is 0.154. The third-order valence-corrected chi connectivity index (χ3v) is 6.12. The van der Waals surface area contributed by atoms with Crippen molar-refractivity contribution < 1.29 is 9.72 Å². The third-order valence-electron chi connectivity index (χ3n) is 6.12. The zero-order valence-electron chi connectivity index (χ0n) is 18.8. The van der Waals surface area contributed by atoms with Crippen LogP contribution in [0.2, 0.25) is 0 Å². The molecule has 170 valence electrons. The molecule has 1 aliphatic rings. The van der Waals surface area contributed by atoms with Gasteiger partial charge >= 0.3 is 0 Å². The summed E-state index contributed by atoms with van der Waals surface area (Å²) in [6.07, 6.45) is 0.918. The molecule has 2 N–H and O–H groups in total. The summed E-state index contributed by atoms with van der Waals surface area (Å²) in [6.45, 7) is 3.92. The maximum atomic E-state index is 13.6. The number of fused-ring (bicyclic) bond motifs is 3. The first-order valence-electron chi connectivity index (χ1n) is 11.1. The number of carbonyl (C=O) groups is 1. The van der Waals surface area contributed by atoms with Crippen molar-refractivity contribution in [2.24, 2.45) is 0 Å². The standard InChI is InChI=1S/C26H23N5O3/c1-3-17-8-12-19(13-9-17)28-25(32)23-16(2)27-26-29-21-6-4-5-7-22(21)30(26)24(23)18-10-14-20(15-11-18)31(33)34/h4-15,24H,3H2,1-2H3,(H,27,29)(H,28,32)/t24-/m0/s1. The van der Waals surface area contributed by atoms with E-state index < -0.39 is 11.0 Å². The van der Waals surface area contributed by atoms with Gasteiger partial charge in [0.15, 0.2) is 0 Å². The van der Waals surface area contributed by atoms with Crippen LogP contribution in [0.25, 0.3) is 11.0 Å². The number of nitrogens with zero attached hydrogens (tertiary/aromatic N) is 3. The van der Waals surface area contributed by atoms with Crippen LogP contribution in [0, 0.1) is 10.1 Å². The molecule has 3 aromatic carbocycles. The largest absolute Gasteiger partial charge is 0.329 e. The maximum absolute atomic E-state index is 13.6. The number of aryl methyl sites for hydroxylation is 1. The fourth-order valence-corrected chi connectivity index (χ4v) is 4.37. The molecule has 0 unspecified atom stereocenters. The van der Waals surface area contributed by atoms with Crippen LogP contribution in [-0.2, 0) is 11.2 Å². The molecule has 1 aliphatic heterocycles. The lowest BCUT2D eigenvalue weighted by Crippen LogP contribution is -2.30. The number of amides is 1. The maximum Gasteiger partial charge on any atom is 0.269 e. The van der Waals surface area contributed by atoms with Gasteiger partial charge in [-0.15, -0.1) is 0 Å². The van der Waals surface area contributed by atoms with Crippen molar-refractivity contribution in [3.8, 4) is 0 Å². The van der Waals surface area contributed by atoms with E-state index in [1.165, 1.54) is 17.7 Å². The van der Waals surface area contributed by atoms with E-state index in [0.717, 1.165) is 23.0 Å². The molecule has 0 fully saturated rings. The van der Waals surface area contributed by atoms with Crippen molar-refractivity contribution in [2.45, 2.75) is 26.3 Å². The summed E-state index contributed by atoms with van der Waals surface area (Å²) >= 11 is 0. The van der Waals surface area contributed by atoms with E-state index in [1.807, 2.05) is 60.0 Å². The fourth-order valence-electron chi connectivity index (χ4n) is 4.37. The highest BCUT2D eigenvalue weighted by atomic mass is 16.6. The molecule has 4 aromatic rings. The number of aromatic nitrogens is 2. The quantitative estimate of drug-likeness (QED) is 0.310. The first-order chi connectivity index (χ1) is 16.5. The van der Waals surface area contributed by atoms with Crippen LogP contribution in [0.3, 0.4) is 0 Å². The van der Waals surface area contributed by atoms with Crippen molar-refractivity contribution in [3.05, 3.63) is 105 Å². The smallest absolute Gasteiger partial charge is 0.269 e. The number of carbonyl (C=O) groups excluding carboxylic acids is 1. The van der Waals surface area contributed by atoms with Crippen LogP contribution in [-0.4, -0.2) is 20.4 Å². The number of nitro benzene ring substituents is 1. The Balaban J connectivity index is 1.62. The lowest BCUT2D eigenvalue weighted by atomic mass is 9.94. The molecule has 1 atom stereocenters. The molecule has 0 bridgehead atoms. The molecule has 8 nitrogen and oxygen atoms in total. The molecule has 1 amide bonds. The first kappa shape index (κ1) is 21.4. The number of nitrogens with one attached hydrogen (secondary N) is 2. The minimum Gasteiger partial charge on any atom is -0.329 e. The number of imidazole rings is 1. The van der Waals surface area contributed by atoms with E-state index in [9.17, 15) is 14.9 Å². The normalized spacial score (nSPS) is 15.1. The lowest BCUT2D eigenvalue weighted by molar-refractivity contribution is -0.384. The Morgan fingerprint density at radius 2 is 1.79 bits per heavy atom. The van der Waals surface area contributed by atoms with Gasteiger partial charge in [-0.3, -0.25) is 19.5 Å². The highest BCUT2D eigenvalue weighted by Gasteiger charge is 2.34. The van der Waals surface area contributed by atoms with E-state index in [4.69, 9.17) is 4.98 Å². The van der Waals surface area contributed by atoms with Crippen molar-refractivity contribution in [2.75, 3.05) is 10.6 Å². The third kappa shape index (κ3) is 3.69. The first-order valence-corrected chi connectivity index (χ1v) is 11.1. The average molecular weight is 454 g/mol. The molecule has 1 aromatic heterocycles. The Morgan fingerprint density at radius 1 is 1.09 bits per heavy atom. The van der Waals surface area contributed by atoms with Gasteiger partial charge in [0.25, 0.3) is 11.6 Å². The Bertz CT molecular complexity index is 1440. The van der Waals surface area contributed by atoms with E-state index in [-0.39, 0.29) is 11.6 Å². The second-order valence-corrected chi connectivity index (χ2v) is 8.21. The number of benzene rings is 3. The summed E-state index contributed by atoms with van der Waals surface area (Å²) in [7, 11) is 0. The number of nitro groups is 1. The van der Waals surface area contributed by atoms with E-state index in [1.54, 1.807) is 12.1 Å². The van der Waals surface area contributed by atoms with E-state index in [0.29, 0.717) is 22.9 Å². The van der Waals surface area contributed by atoms with Gasteiger partial charge < -0.3 is 10.6 Å². The Labute approximate surface area is 196 Å². The minimum atomic E-state index is -0.514. The van der Waals surface area contributed by atoms with Crippen molar-refractivity contribution >= 4 is 34.3 Å². The molecule has 0 spiro atoms. The number of rotatable bonds is 5. The van der Waals surface area contributed by atoms with Crippen LogP contribution >= 0.6 is 0 Å². The molecule has 34 heavy (non-hydrogen) atoms. The number of para-hydroxylation sites is 2. The molecule has 0 aliphatic carbocycles. The van der Waals surface area contributed by atoms with Crippen LogP contribution in [0.1, 0.15) is 31.0 Å². The van der Waals surface area contributed by atoms with Crippen LogP contribution < -0.4 is 10.6 Å². The van der Waals surface area contributed by atoms with Crippen molar-refractivity contribution in [1.29, 1.82) is 0 Å². The summed E-state index contributed by atoms with van der Waals surface area (Å²) in [6, 6.07) is 21.3. The van der Waals surface area contributed by atoms with Crippen molar-refractivity contribution in [1.82, 2.24) is 9.55 Å². The summed E-state index contributed by atoms with van der Waals surface area (Å²) in [5, 5.41) is 17.5. The number of anilines is 2. The highest BCUT2D eigenvalue weighted by Crippen LogP contribution is 2.39. The van der Waals surface area contributed by atoms with Gasteiger partial charge in [0.2, 0.25) is 5.95 Å². The van der Waals surface area contributed by atoms with Gasteiger partial charge in [-0.2, -0.15) is 0 Å². The molecule has 0 saturated carbocycles. The predicted octanol–water partition coefficient (Wildman–Crippen LogP) is 5.43. The number of non-ortho nitro benzene ring substituents is 1. The predicted molar refractivity (Wildman–Crippen MR) is 132 cm³/mol. The van der Waals surface area contributed by atoms with Gasteiger partial charge in [0.05, 0.1) is 27.6 Å². The van der Waals surface area contributed by atoms with E-state index >= 15 is 0 Å². The topological polar surface area (TPSA) is 102 Å². The minimum absolute atomic E-state index is 0.00360. The van der Waals surface area contributed by atoms with E-state index in [2.05, 4.69) is 17.6 Å². The zero-order valence-corrected chi connectivity index (χ0v) is 18.8. The molecule has 5 rings (SSSR count). The van der Waals surface area contributed by atoms with Gasteiger partial charge in [-0.05, 0) is 60.9 Å². The molecule has 0 radical (unpaired) electrons. The van der Waals surface area contributed by atoms with Gasteiger partial charge in [-0.25, -0.2) is 4.98 Å². The zero-order chi connectivity index (χ0) is 23.8. The Morgan fingerprint density at radius 3 is 2.47 bits per heavy atom. The average Bonchev–Trinajstić information content (AvgIpc) is 3.21. The van der Waals surface area contributed by atoms with Crippen LogP contribution in [0.15, 0.2) is 84.1 Å². The van der Waals surface area contributed by atoms with Crippen LogP contribution in [0.4, 0.5) is 17.3 Å². The molecule has 0 saturated heterocycles. The van der Waals surface area contributed by atoms with Crippen molar-refractivity contribution in [3.63, 3.8) is 0 Å². The van der Waals surface area contributed by atoms with Crippen LogP contribution in [0.5, 0.6) is 0 Å². The Kier molecular flexibility index (Phi) is 5.33. The molecule has 8 heteroatoms.